The molecule has 0 spiro atoms. The third-order valence-electron chi connectivity index (χ3n) is 0.287. The van der Waals surface area contributed by atoms with Crippen LogP contribution in [0.4, 0.5) is 0 Å². The van der Waals surface area contributed by atoms with Crippen molar-refractivity contribution in [3.05, 3.63) is 12.7 Å². The molecule has 0 fully saturated rings. The van der Waals surface area contributed by atoms with Crippen LogP contribution in [0.5, 0.6) is 0 Å². The Hall–Kier alpha value is 1.19. The summed E-state index contributed by atoms with van der Waals surface area (Å²) >= 11 is 0.314. The summed E-state index contributed by atoms with van der Waals surface area (Å²) in [6, 6.07) is 0. The molecule has 0 rings (SSSR count). The van der Waals surface area contributed by atoms with Gasteiger partial charge in [-0.1, -0.05) is 0 Å². The Balaban J connectivity index is -0.0000000800. The largest absolute Gasteiger partial charge is 0 e. The molecule has 0 bridgehead atoms. The molecular formula is C3H6AgGeNiO. The summed E-state index contributed by atoms with van der Waals surface area (Å²) in [5.74, 6) is 0. The molecule has 0 amide bonds. The molecule has 49 valence electrons. The Morgan fingerprint density at radius 3 is 1.86 bits per heavy atom. The van der Waals surface area contributed by atoms with Crippen molar-refractivity contribution in [2.24, 2.45) is 0 Å². The number of hydrogen-bond acceptors (Lipinski definition) is 1. The van der Waals surface area contributed by atoms with Crippen LogP contribution in [-0.2, 0) is 43.7 Å². The van der Waals surface area contributed by atoms with E-state index in [0.717, 1.165) is 0 Å². The van der Waals surface area contributed by atoms with Crippen molar-refractivity contribution in [3.8, 4) is 0 Å². The second-order valence-corrected chi connectivity index (χ2v) is 2.88. The van der Waals surface area contributed by atoms with Gasteiger partial charge in [0, 0.05) is 38.9 Å². The van der Waals surface area contributed by atoms with Gasteiger partial charge in [-0.3, -0.25) is 0 Å². The van der Waals surface area contributed by atoms with Crippen LogP contribution < -0.4 is 0 Å². The van der Waals surface area contributed by atoms with Crippen molar-refractivity contribution in [1.29, 1.82) is 0 Å². The molecule has 0 aromatic heterocycles. The van der Waals surface area contributed by atoms with E-state index in [2.05, 4.69) is 6.58 Å². The van der Waals surface area contributed by atoms with E-state index in [9.17, 15) is 4.79 Å². The van der Waals surface area contributed by atoms with Gasteiger partial charge in [0.1, 0.15) is 0 Å². The van der Waals surface area contributed by atoms with Gasteiger partial charge in [0.15, 0.2) is 0 Å². The van der Waals surface area contributed by atoms with Crippen LogP contribution in [0.3, 0.4) is 0 Å². The molecule has 0 aromatic rings. The van der Waals surface area contributed by atoms with Crippen molar-refractivity contribution < 1.29 is 43.7 Å². The Bertz CT molecular complexity index is 66.0. The van der Waals surface area contributed by atoms with Gasteiger partial charge in [0.25, 0.3) is 0 Å². The van der Waals surface area contributed by atoms with E-state index in [4.69, 9.17) is 0 Å². The number of rotatable bonds is 1. The fourth-order valence-electron chi connectivity index (χ4n) is 0. The summed E-state index contributed by atoms with van der Waals surface area (Å²) < 4.78 is 0.206. The van der Waals surface area contributed by atoms with Gasteiger partial charge in [0.2, 0.25) is 0 Å². The monoisotopic (exact) mass is 297 g/mol. The average Bonchev–Trinajstić information content (AvgIpc) is 1.38. The molecule has 1 nitrogen and oxygen atoms in total. The number of carbonyl (C=O) groups is 1. The summed E-state index contributed by atoms with van der Waals surface area (Å²) in [7, 11) is 0. The minimum Gasteiger partial charge on any atom is 0 e. The van der Waals surface area contributed by atoms with E-state index in [0.29, 0.717) is 16.5 Å². The molecule has 0 saturated carbocycles. The molecule has 0 N–H and O–H groups in total. The second-order valence-electron chi connectivity index (χ2n) is 0.815. The molecule has 4 heteroatoms. The average molecular weight is 297 g/mol. The van der Waals surface area contributed by atoms with E-state index in [1.165, 1.54) is 6.08 Å². The number of hydrogen-bond donors (Lipinski definition) is 0. The molecule has 0 aliphatic heterocycles. The second kappa shape index (κ2) is 10.2. The quantitative estimate of drug-likeness (QED) is 0.451. The smallest absolute Gasteiger partial charge is 0 e. The maximum atomic E-state index is 9.78. The van der Waals surface area contributed by atoms with Crippen LogP contribution in [0, 0.1) is 0 Å². The summed E-state index contributed by atoms with van der Waals surface area (Å²) in [5, 5.41) is 0. The first-order valence-corrected chi connectivity index (χ1v) is 3.50. The van der Waals surface area contributed by atoms with Crippen molar-refractivity contribution in [3.63, 3.8) is 0 Å². The van der Waals surface area contributed by atoms with Crippen LogP contribution in [0.2, 0.25) is 0 Å². The SMILES string of the molecule is C=C[C](=O)[GeH3].[Ag].[Ni]. The maximum Gasteiger partial charge on any atom is 0 e. The van der Waals surface area contributed by atoms with Gasteiger partial charge < -0.3 is 0 Å². The van der Waals surface area contributed by atoms with Crippen LogP contribution >= 0.6 is 0 Å². The fourth-order valence-corrected chi connectivity index (χ4v) is 0. The van der Waals surface area contributed by atoms with Crippen molar-refractivity contribution in [1.82, 2.24) is 0 Å². The maximum absolute atomic E-state index is 9.78. The van der Waals surface area contributed by atoms with Crippen LogP contribution in [0.15, 0.2) is 12.7 Å². The molecule has 0 saturated heterocycles. The Kier molecular flexibility index (Phi) is 23.0. The standard InChI is InChI=1S/C3H6GeO.Ag.Ni/c1-2-3(4)5;;/h2H,1H2,4H3;;. The molecule has 0 aliphatic rings. The first-order chi connectivity index (χ1) is 2.27. The molecule has 7 heavy (non-hydrogen) atoms. The van der Waals surface area contributed by atoms with Gasteiger partial charge in [-0.2, -0.15) is 0 Å². The van der Waals surface area contributed by atoms with Gasteiger partial charge in [-0.15, -0.1) is 0 Å². The minimum atomic E-state index is 0. The Morgan fingerprint density at radius 2 is 1.86 bits per heavy atom. The molecular weight excluding hydrogens is 291 g/mol. The van der Waals surface area contributed by atoms with Crippen LogP contribution in [0.1, 0.15) is 0 Å². The molecule has 0 unspecified atom stereocenters. The van der Waals surface area contributed by atoms with Gasteiger partial charge in [0.05, 0.1) is 0 Å². The van der Waals surface area contributed by atoms with Crippen LogP contribution in [-0.4, -0.2) is 21.1 Å². The van der Waals surface area contributed by atoms with Gasteiger partial charge in [-0.05, 0) is 0 Å². The van der Waals surface area contributed by atoms with Gasteiger partial charge >= 0.3 is 38.6 Å². The van der Waals surface area contributed by atoms with Crippen LogP contribution in [0.25, 0.3) is 0 Å². The number of allylic oxidation sites excluding steroid dienone is 1. The molecule has 0 heterocycles. The summed E-state index contributed by atoms with van der Waals surface area (Å²) in [6.07, 6.45) is 1.36. The van der Waals surface area contributed by atoms with E-state index >= 15 is 0 Å². The molecule has 0 aromatic carbocycles. The van der Waals surface area contributed by atoms with E-state index in [-0.39, 0.29) is 43.5 Å². The molecule has 0 aliphatic carbocycles. The van der Waals surface area contributed by atoms with Crippen molar-refractivity contribution in [2.75, 3.05) is 0 Å². The van der Waals surface area contributed by atoms with Crippen molar-refractivity contribution in [2.45, 2.75) is 0 Å². The topological polar surface area (TPSA) is 17.1 Å². The van der Waals surface area contributed by atoms with E-state index < -0.39 is 0 Å². The Labute approximate surface area is 77.0 Å². The normalized spacial score (nSPS) is 5.14. The third kappa shape index (κ3) is 19.0. The van der Waals surface area contributed by atoms with Crippen molar-refractivity contribution >= 4 is 21.1 Å². The molecule has 0 atom stereocenters. The summed E-state index contributed by atoms with van der Waals surface area (Å²) in [5.41, 5.74) is 0. The predicted molar refractivity (Wildman–Crippen MR) is 25.1 cm³/mol. The van der Waals surface area contributed by atoms with E-state index in [1.807, 2.05) is 0 Å². The zero-order valence-corrected chi connectivity index (χ0v) is 10.5. The summed E-state index contributed by atoms with van der Waals surface area (Å²) in [6.45, 7) is 3.26. The first kappa shape index (κ1) is 15.7. The Morgan fingerprint density at radius 1 is 1.71 bits per heavy atom. The minimum absolute atomic E-state index is 0. The van der Waals surface area contributed by atoms with E-state index in [1.54, 1.807) is 0 Å². The summed E-state index contributed by atoms with van der Waals surface area (Å²) in [4.78, 5) is 9.78. The number of carbonyl (C=O) groups excluding carboxylic acids is 1. The third-order valence-corrected chi connectivity index (χ3v) is 1.14. The predicted octanol–water partition coefficient (Wildman–Crippen LogP) is -0.941. The zero-order valence-electron chi connectivity index (χ0n) is 3.81. The fraction of sp³-hybridized carbons (Fsp3) is 0. The zero-order chi connectivity index (χ0) is 4.28. The molecule has 1 radical (unpaired) electrons. The van der Waals surface area contributed by atoms with Gasteiger partial charge in [-0.25, -0.2) is 0 Å². The first-order valence-electron chi connectivity index (χ1n) is 1.40.